The average molecular weight is 455 g/mol. The highest BCUT2D eigenvalue weighted by molar-refractivity contribution is 6.44. The lowest BCUT2D eigenvalue weighted by Gasteiger charge is -2.10. The van der Waals surface area contributed by atoms with Crippen LogP contribution in [-0.2, 0) is 0 Å². The number of carbonyl (C=O) groups excluding carboxylic acids is 2. The van der Waals surface area contributed by atoms with Crippen molar-refractivity contribution in [3.63, 3.8) is 0 Å². The monoisotopic (exact) mass is 453 g/mol. The summed E-state index contributed by atoms with van der Waals surface area (Å²) in [5.74, 6) is -1.08. The van der Waals surface area contributed by atoms with E-state index in [1.54, 1.807) is 36.4 Å². The number of hydrogen-bond acceptors (Lipinski definition) is 3. The summed E-state index contributed by atoms with van der Waals surface area (Å²) in [5.41, 5.74) is 0.727. The van der Waals surface area contributed by atoms with E-state index in [-0.39, 0.29) is 21.4 Å². The van der Waals surface area contributed by atoms with E-state index < -0.39 is 11.8 Å². The topological polar surface area (TPSA) is 71.1 Å². The van der Waals surface area contributed by atoms with Gasteiger partial charge < -0.3 is 10.6 Å². The Morgan fingerprint density at radius 1 is 0.643 bits per heavy atom. The third-order valence-corrected chi connectivity index (χ3v) is 5.25. The molecular formula is C19H11Cl4N3O2. The molecule has 0 unspecified atom stereocenters. The molecule has 0 aliphatic carbocycles. The van der Waals surface area contributed by atoms with Crippen LogP contribution in [-0.4, -0.2) is 16.8 Å². The van der Waals surface area contributed by atoms with Crippen molar-refractivity contribution in [1.29, 1.82) is 0 Å². The Hall–Kier alpha value is -2.31. The van der Waals surface area contributed by atoms with Gasteiger partial charge >= 0.3 is 0 Å². The van der Waals surface area contributed by atoms with Crippen LogP contribution in [0, 0.1) is 0 Å². The van der Waals surface area contributed by atoms with Gasteiger partial charge in [0.2, 0.25) is 0 Å². The molecule has 1 aromatic heterocycles. The number of anilines is 2. The molecule has 3 aromatic rings. The van der Waals surface area contributed by atoms with Crippen LogP contribution < -0.4 is 10.6 Å². The van der Waals surface area contributed by atoms with Crippen LogP contribution in [0.15, 0.2) is 54.6 Å². The normalized spacial score (nSPS) is 10.4. The Kier molecular flexibility index (Phi) is 6.42. The fraction of sp³-hybridized carbons (Fsp3) is 0. The van der Waals surface area contributed by atoms with Gasteiger partial charge in [0.05, 0.1) is 31.5 Å². The molecule has 0 saturated carbocycles. The number of carbonyl (C=O) groups is 2. The van der Waals surface area contributed by atoms with Crippen LogP contribution in [0.4, 0.5) is 11.4 Å². The van der Waals surface area contributed by atoms with Gasteiger partial charge in [-0.15, -0.1) is 0 Å². The molecule has 5 nitrogen and oxygen atoms in total. The number of aromatic nitrogens is 1. The Morgan fingerprint density at radius 3 is 1.46 bits per heavy atom. The van der Waals surface area contributed by atoms with Crippen LogP contribution in [0.5, 0.6) is 0 Å². The Bertz CT molecular complexity index is 992. The van der Waals surface area contributed by atoms with Crippen LogP contribution in [0.3, 0.4) is 0 Å². The molecule has 0 saturated heterocycles. The molecule has 28 heavy (non-hydrogen) atoms. The van der Waals surface area contributed by atoms with E-state index in [1.165, 1.54) is 18.2 Å². The smallest absolute Gasteiger partial charge is 0.274 e. The van der Waals surface area contributed by atoms with Gasteiger partial charge in [-0.05, 0) is 36.4 Å². The van der Waals surface area contributed by atoms with E-state index >= 15 is 0 Å². The highest BCUT2D eigenvalue weighted by atomic mass is 35.5. The molecule has 1 heterocycles. The largest absolute Gasteiger partial charge is 0.319 e. The molecule has 142 valence electrons. The molecule has 0 radical (unpaired) electrons. The summed E-state index contributed by atoms with van der Waals surface area (Å²) < 4.78 is 0. The van der Waals surface area contributed by atoms with E-state index in [9.17, 15) is 9.59 Å². The van der Waals surface area contributed by atoms with Gasteiger partial charge in [-0.25, -0.2) is 4.98 Å². The van der Waals surface area contributed by atoms with E-state index in [1.807, 2.05) is 0 Å². The molecule has 0 atom stereocenters. The van der Waals surface area contributed by atoms with Crippen LogP contribution in [0.25, 0.3) is 0 Å². The molecule has 0 aliphatic heterocycles. The maximum absolute atomic E-state index is 12.5. The number of rotatable bonds is 4. The van der Waals surface area contributed by atoms with Crippen molar-refractivity contribution in [2.24, 2.45) is 0 Å². The second-order valence-corrected chi connectivity index (χ2v) is 7.09. The van der Waals surface area contributed by atoms with E-state index in [2.05, 4.69) is 15.6 Å². The quantitative estimate of drug-likeness (QED) is 0.492. The fourth-order valence-electron chi connectivity index (χ4n) is 2.26. The Labute approximate surface area is 180 Å². The first-order valence-electron chi connectivity index (χ1n) is 7.84. The van der Waals surface area contributed by atoms with Gasteiger partial charge in [-0.2, -0.15) is 0 Å². The molecule has 0 fully saturated rings. The van der Waals surface area contributed by atoms with E-state index in [4.69, 9.17) is 46.4 Å². The summed E-state index contributed by atoms with van der Waals surface area (Å²) in [6, 6.07) is 14.2. The second-order valence-electron chi connectivity index (χ2n) is 5.52. The van der Waals surface area contributed by atoms with E-state index in [0.717, 1.165) is 0 Å². The summed E-state index contributed by atoms with van der Waals surface area (Å²) in [7, 11) is 0. The first kappa shape index (κ1) is 20.4. The zero-order valence-corrected chi connectivity index (χ0v) is 17.0. The minimum Gasteiger partial charge on any atom is -0.319 e. The molecule has 0 aliphatic rings. The summed E-state index contributed by atoms with van der Waals surface area (Å²) >= 11 is 24.0. The van der Waals surface area contributed by atoms with Gasteiger partial charge in [0.15, 0.2) is 0 Å². The van der Waals surface area contributed by atoms with Gasteiger partial charge in [-0.1, -0.05) is 64.6 Å². The molecule has 0 bridgehead atoms. The maximum atomic E-state index is 12.5. The number of amides is 2. The minimum absolute atomic E-state index is 0.0286. The molecule has 2 N–H and O–H groups in total. The van der Waals surface area contributed by atoms with Crippen molar-refractivity contribution in [2.45, 2.75) is 0 Å². The van der Waals surface area contributed by atoms with Crippen molar-refractivity contribution in [1.82, 2.24) is 4.98 Å². The molecule has 0 spiro atoms. The van der Waals surface area contributed by atoms with Crippen molar-refractivity contribution >= 4 is 69.6 Å². The fourth-order valence-corrected chi connectivity index (χ4v) is 2.96. The second kappa shape index (κ2) is 8.80. The average Bonchev–Trinajstić information content (AvgIpc) is 2.69. The summed E-state index contributed by atoms with van der Waals surface area (Å²) in [6.45, 7) is 0. The lowest BCUT2D eigenvalue weighted by molar-refractivity contribution is 0.101. The third kappa shape index (κ3) is 4.56. The number of halogens is 4. The zero-order chi connectivity index (χ0) is 20.3. The predicted molar refractivity (Wildman–Crippen MR) is 113 cm³/mol. The zero-order valence-electron chi connectivity index (χ0n) is 14.0. The SMILES string of the molecule is O=C(Nc1cccc(Cl)c1Cl)c1cccc(C(=O)Nc2cccc(Cl)c2Cl)n1. The van der Waals surface area contributed by atoms with Crippen molar-refractivity contribution in [3.05, 3.63) is 86.1 Å². The number of nitrogens with one attached hydrogen (secondary N) is 2. The van der Waals surface area contributed by atoms with Crippen molar-refractivity contribution in [3.8, 4) is 0 Å². The highest BCUT2D eigenvalue weighted by Crippen LogP contribution is 2.30. The van der Waals surface area contributed by atoms with Crippen LogP contribution in [0.1, 0.15) is 21.0 Å². The Morgan fingerprint density at radius 2 is 1.04 bits per heavy atom. The van der Waals surface area contributed by atoms with Gasteiger partial charge in [0.1, 0.15) is 11.4 Å². The third-order valence-electron chi connectivity index (χ3n) is 3.61. The molecule has 2 aromatic carbocycles. The molecule has 9 heteroatoms. The number of pyridine rings is 1. The summed E-state index contributed by atoms with van der Waals surface area (Å²) in [6.07, 6.45) is 0. The standard InChI is InChI=1S/C19H11Cl4N3O2/c20-10-4-1-6-12(16(10)22)25-18(27)14-8-3-9-15(24-14)19(28)26-13-7-2-5-11(21)17(13)23/h1-9H,(H,25,27)(H,26,28). The van der Waals surface area contributed by atoms with Crippen LogP contribution in [0.2, 0.25) is 20.1 Å². The summed E-state index contributed by atoms with van der Waals surface area (Å²) in [5, 5.41) is 6.25. The molecule has 3 rings (SSSR count). The predicted octanol–water partition coefficient (Wildman–Crippen LogP) is 6.20. The van der Waals surface area contributed by atoms with E-state index in [0.29, 0.717) is 21.4 Å². The highest BCUT2D eigenvalue weighted by Gasteiger charge is 2.16. The van der Waals surface area contributed by atoms with Gasteiger partial charge in [0, 0.05) is 0 Å². The van der Waals surface area contributed by atoms with Gasteiger partial charge in [-0.3, -0.25) is 9.59 Å². The Balaban J connectivity index is 1.79. The van der Waals surface area contributed by atoms with Gasteiger partial charge in [0.25, 0.3) is 11.8 Å². The van der Waals surface area contributed by atoms with Crippen LogP contribution >= 0.6 is 46.4 Å². The molecule has 2 amide bonds. The lowest BCUT2D eigenvalue weighted by Crippen LogP contribution is -2.18. The summed E-state index contributed by atoms with van der Waals surface area (Å²) in [4.78, 5) is 29.0. The first-order chi connectivity index (χ1) is 13.4. The molecular weight excluding hydrogens is 444 g/mol. The first-order valence-corrected chi connectivity index (χ1v) is 9.36. The van der Waals surface area contributed by atoms with Crippen molar-refractivity contribution in [2.75, 3.05) is 10.6 Å². The number of nitrogens with zero attached hydrogens (tertiary/aromatic N) is 1. The maximum Gasteiger partial charge on any atom is 0.274 e. The van der Waals surface area contributed by atoms with Crippen molar-refractivity contribution < 1.29 is 9.59 Å². The number of hydrogen-bond donors (Lipinski definition) is 2. The minimum atomic E-state index is -0.542. The number of benzene rings is 2. The lowest BCUT2D eigenvalue weighted by atomic mass is 10.2.